The van der Waals surface area contributed by atoms with Gasteiger partial charge in [-0.1, -0.05) is 0 Å². The summed E-state index contributed by atoms with van der Waals surface area (Å²) in [6.45, 7) is 1.11. The number of nitrogens with zero attached hydrogens (tertiary/aromatic N) is 1. The number of aliphatic hydroxyl groups excluding tert-OH is 1. The Kier molecular flexibility index (Phi) is 8.16. The second-order valence-corrected chi connectivity index (χ2v) is 3.50. The van der Waals surface area contributed by atoms with Gasteiger partial charge in [-0.05, 0) is 0 Å². The predicted molar refractivity (Wildman–Crippen MR) is 42.0 cm³/mol. The topological polar surface area (TPSA) is 77.8 Å². The Morgan fingerprint density at radius 3 is 1.55 bits per heavy atom. The molecule has 0 fully saturated rings. The Morgan fingerprint density at radius 2 is 1.55 bits per heavy atom. The van der Waals surface area contributed by atoms with E-state index in [1.165, 1.54) is 0 Å². The number of hydrogen-bond acceptors (Lipinski definition) is 2. The Morgan fingerprint density at radius 1 is 1.27 bits per heavy atom. The summed E-state index contributed by atoms with van der Waals surface area (Å²) in [6.07, 6.45) is 0. The third-order valence-electron chi connectivity index (χ3n) is 0.771. The van der Waals surface area contributed by atoms with Gasteiger partial charge in [-0.15, -0.1) is 9.79 Å². The summed E-state index contributed by atoms with van der Waals surface area (Å²) in [5.74, 6) is 0. The summed E-state index contributed by atoms with van der Waals surface area (Å²) < 4.78 is 9.55. The lowest BCUT2D eigenvalue weighted by Crippen LogP contribution is -2.36. The van der Waals surface area contributed by atoms with Crippen LogP contribution in [0.1, 0.15) is 0 Å². The molecule has 11 heavy (non-hydrogen) atoms. The lowest BCUT2D eigenvalue weighted by molar-refractivity contribution is -0.870. The van der Waals surface area contributed by atoms with Crippen molar-refractivity contribution in [2.75, 3.05) is 34.3 Å². The highest BCUT2D eigenvalue weighted by Crippen LogP contribution is 1.98. The van der Waals surface area contributed by atoms with Crippen LogP contribution in [0.15, 0.2) is 0 Å². The summed E-state index contributed by atoms with van der Waals surface area (Å²) in [6, 6.07) is 0. The molecule has 0 radical (unpaired) electrons. The molecule has 3 N–H and O–H groups in total. The Hall–Kier alpha value is -0.0600. The maximum atomic E-state index is 8.70. The van der Waals surface area contributed by atoms with Crippen LogP contribution in [-0.4, -0.2) is 53.7 Å². The van der Waals surface area contributed by atoms with Gasteiger partial charge in [0.05, 0.1) is 27.7 Å². The normalized spacial score (nSPS) is 10.0. The van der Waals surface area contributed by atoms with Crippen molar-refractivity contribution in [1.82, 2.24) is 0 Å². The first-order chi connectivity index (χ1) is 4.79. The molecule has 0 spiro atoms. The first-order valence-electron chi connectivity index (χ1n) is 3.06. The zero-order chi connectivity index (χ0) is 9.49. The summed E-state index contributed by atoms with van der Waals surface area (Å²) in [4.78, 5) is 14.2. The van der Waals surface area contributed by atoms with E-state index in [0.29, 0.717) is 0 Å². The van der Waals surface area contributed by atoms with Crippen molar-refractivity contribution < 1.29 is 23.9 Å². The van der Waals surface area contributed by atoms with E-state index < -0.39 is 8.25 Å². The Labute approximate surface area is 67.4 Å². The van der Waals surface area contributed by atoms with Gasteiger partial charge in [-0.3, -0.25) is 0 Å². The van der Waals surface area contributed by atoms with E-state index >= 15 is 0 Å². The zero-order valence-corrected chi connectivity index (χ0v) is 7.95. The van der Waals surface area contributed by atoms with Crippen LogP contribution >= 0.6 is 8.25 Å². The molecule has 0 saturated heterocycles. The zero-order valence-electron chi connectivity index (χ0n) is 7.06. The molecular formula is C5H16NO4P+2. The van der Waals surface area contributed by atoms with Gasteiger partial charge in [0.25, 0.3) is 0 Å². The highest BCUT2D eigenvalue weighted by atomic mass is 31.1. The minimum Gasteiger partial charge on any atom is -0.391 e. The van der Waals surface area contributed by atoms with Gasteiger partial charge in [-0.2, -0.15) is 0 Å². The smallest absolute Gasteiger partial charge is 0.391 e. The largest absolute Gasteiger partial charge is 0.692 e. The standard InChI is InChI=1S/C5H14NO.HO3P/c1-6(2,3)4-5-7;1-4(2)3/h7H,4-5H2,1-3H3;(H-,1,2,3)/q+1;/p+1. The third-order valence-corrected chi connectivity index (χ3v) is 0.771. The van der Waals surface area contributed by atoms with Gasteiger partial charge < -0.3 is 9.59 Å². The van der Waals surface area contributed by atoms with Crippen LogP contribution in [0.25, 0.3) is 0 Å². The minimum absolute atomic E-state index is 0.281. The van der Waals surface area contributed by atoms with Crippen LogP contribution in [0.5, 0.6) is 0 Å². The molecule has 0 amide bonds. The van der Waals surface area contributed by atoms with Crippen LogP contribution in [-0.2, 0) is 4.57 Å². The van der Waals surface area contributed by atoms with Crippen molar-refractivity contribution in [2.45, 2.75) is 0 Å². The number of likely N-dealkylation sites (N-methyl/N-ethyl adjacent to an activating group) is 1. The fourth-order valence-electron chi connectivity index (χ4n) is 0.300. The minimum atomic E-state index is -2.87. The van der Waals surface area contributed by atoms with E-state index in [2.05, 4.69) is 21.1 Å². The second-order valence-electron chi connectivity index (χ2n) is 2.99. The number of quaternary nitrogens is 1. The molecule has 0 bridgehead atoms. The third kappa shape index (κ3) is 40.4. The summed E-state index contributed by atoms with van der Waals surface area (Å²) in [7, 11) is 3.29. The van der Waals surface area contributed by atoms with Crippen LogP contribution in [0.2, 0.25) is 0 Å². The van der Waals surface area contributed by atoms with Crippen molar-refractivity contribution in [3.63, 3.8) is 0 Å². The van der Waals surface area contributed by atoms with Crippen molar-refractivity contribution in [1.29, 1.82) is 0 Å². The van der Waals surface area contributed by atoms with E-state index in [-0.39, 0.29) is 6.61 Å². The Balaban J connectivity index is 0. The number of aliphatic hydroxyl groups is 1. The van der Waals surface area contributed by atoms with Crippen molar-refractivity contribution >= 4 is 8.25 Å². The molecule has 0 unspecified atom stereocenters. The van der Waals surface area contributed by atoms with E-state index in [0.717, 1.165) is 11.0 Å². The lowest BCUT2D eigenvalue weighted by atomic mass is 10.5. The molecule has 0 aliphatic carbocycles. The summed E-state index contributed by atoms with van der Waals surface area (Å²) >= 11 is 0. The van der Waals surface area contributed by atoms with Crippen LogP contribution in [0, 0.1) is 0 Å². The van der Waals surface area contributed by atoms with E-state index in [1.54, 1.807) is 0 Å². The maximum absolute atomic E-state index is 8.70. The molecule has 0 rings (SSSR count). The first-order valence-corrected chi connectivity index (χ1v) is 4.22. The van der Waals surface area contributed by atoms with E-state index in [1.807, 2.05) is 0 Å². The second kappa shape index (κ2) is 6.64. The average molecular weight is 185 g/mol. The Bertz CT molecular complexity index is 108. The molecule has 0 aliphatic rings. The molecule has 5 nitrogen and oxygen atoms in total. The first kappa shape index (κ1) is 13.5. The fourth-order valence-corrected chi connectivity index (χ4v) is 0.300. The fraction of sp³-hybridized carbons (Fsp3) is 1.00. The van der Waals surface area contributed by atoms with Gasteiger partial charge in [0, 0.05) is 4.57 Å². The molecule has 0 atom stereocenters. The summed E-state index contributed by atoms with van der Waals surface area (Å²) in [5, 5.41) is 8.39. The summed E-state index contributed by atoms with van der Waals surface area (Å²) in [5.41, 5.74) is 0. The predicted octanol–water partition coefficient (Wildman–Crippen LogP) is -0.687. The highest BCUT2D eigenvalue weighted by molar-refractivity contribution is 7.30. The number of rotatable bonds is 2. The monoisotopic (exact) mass is 185 g/mol. The lowest BCUT2D eigenvalue weighted by Gasteiger charge is -2.21. The quantitative estimate of drug-likeness (QED) is 0.393. The molecule has 0 heterocycles. The molecular weight excluding hydrogens is 169 g/mol. The van der Waals surface area contributed by atoms with Crippen LogP contribution in [0.3, 0.4) is 0 Å². The van der Waals surface area contributed by atoms with Crippen molar-refractivity contribution in [3.05, 3.63) is 0 Å². The number of hydrogen-bond donors (Lipinski definition) is 3. The van der Waals surface area contributed by atoms with Gasteiger partial charge in [0.15, 0.2) is 0 Å². The molecule has 68 valence electrons. The molecule has 0 saturated carbocycles. The van der Waals surface area contributed by atoms with Crippen LogP contribution < -0.4 is 0 Å². The molecule has 0 aliphatic heterocycles. The molecule has 0 aromatic rings. The van der Waals surface area contributed by atoms with E-state index in [4.69, 9.17) is 19.5 Å². The molecule has 0 aromatic carbocycles. The average Bonchev–Trinajstić information content (AvgIpc) is 1.58. The molecule has 0 aromatic heterocycles. The highest BCUT2D eigenvalue weighted by Gasteiger charge is 2.02. The van der Waals surface area contributed by atoms with E-state index in [9.17, 15) is 0 Å². The maximum Gasteiger partial charge on any atom is 0.692 e. The molecule has 6 heteroatoms. The van der Waals surface area contributed by atoms with Crippen molar-refractivity contribution in [3.8, 4) is 0 Å². The van der Waals surface area contributed by atoms with Crippen molar-refractivity contribution in [2.24, 2.45) is 0 Å². The van der Waals surface area contributed by atoms with Gasteiger partial charge in [0.2, 0.25) is 0 Å². The van der Waals surface area contributed by atoms with Gasteiger partial charge in [0.1, 0.15) is 6.54 Å². The van der Waals surface area contributed by atoms with Crippen LogP contribution in [0.4, 0.5) is 0 Å². The van der Waals surface area contributed by atoms with Gasteiger partial charge in [-0.25, -0.2) is 0 Å². The van der Waals surface area contributed by atoms with Gasteiger partial charge >= 0.3 is 8.25 Å². The SMILES string of the molecule is C[N+](C)(C)CCO.O=[P+](O)O.